The second kappa shape index (κ2) is 5.37. The van der Waals surface area contributed by atoms with E-state index in [0.717, 1.165) is 5.52 Å². The molecule has 0 spiro atoms. The zero-order valence-electron chi connectivity index (χ0n) is 11.4. The van der Waals surface area contributed by atoms with Gasteiger partial charge in [0.25, 0.3) is 5.91 Å². The summed E-state index contributed by atoms with van der Waals surface area (Å²) in [5.74, 6) is 0.199. The highest BCUT2D eigenvalue weighted by atomic mass is 16.3. The van der Waals surface area contributed by atoms with Crippen LogP contribution in [0.5, 0.6) is 0 Å². The molecule has 0 fully saturated rings. The molecule has 2 heterocycles. The number of hydrogen-bond donors (Lipinski definition) is 2. The van der Waals surface area contributed by atoms with Crippen molar-refractivity contribution in [3.8, 4) is 0 Å². The number of hydrogen-bond acceptors (Lipinski definition) is 5. The zero-order chi connectivity index (χ0) is 14.8. The third kappa shape index (κ3) is 2.50. The van der Waals surface area contributed by atoms with Gasteiger partial charge in [0.2, 0.25) is 0 Å². The molecule has 1 atom stereocenters. The van der Waals surface area contributed by atoms with Gasteiger partial charge in [-0.05, 0) is 30.3 Å². The van der Waals surface area contributed by atoms with Gasteiger partial charge >= 0.3 is 0 Å². The van der Waals surface area contributed by atoms with E-state index in [9.17, 15) is 9.90 Å². The monoisotopic (exact) mass is 286 g/mol. The Morgan fingerprint density at radius 1 is 1.48 bits per heavy atom. The first-order chi connectivity index (χ1) is 10.2. The van der Waals surface area contributed by atoms with Gasteiger partial charge < -0.3 is 14.8 Å². The van der Waals surface area contributed by atoms with Gasteiger partial charge in [0.15, 0.2) is 0 Å². The minimum atomic E-state index is -0.579. The van der Waals surface area contributed by atoms with Crippen molar-refractivity contribution in [3.05, 3.63) is 47.9 Å². The molecule has 7 nitrogen and oxygen atoms in total. The maximum atomic E-state index is 12.2. The zero-order valence-corrected chi connectivity index (χ0v) is 11.4. The molecule has 3 aromatic rings. The summed E-state index contributed by atoms with van der Waals surface area (Å²) >= 11 is 0. The molecular formula is C14H14N4O3. The Hall–Kier alpha value is -2.67. The fraction of sp³-hybridized carbons (Fsp3) is 0.214. The fourth-order valence-electron chi connectivity index (χ4n) is 2.12. The van der Waals surface area contributed by atoms with Crippen molar-refractivity contribution >= 4 is 16.9 Å². The van der Waals surface area contributed by atoms with Crippen LogP contribution in [0.25, 0.3) is 11.0 Å². The quantitative estimate of drug-likeness (QED) is 0.747. The second-order valence-electron chi connectivity index (χ2n) is 4.64. The molecule has 7 heteroatoms. The van der Waals surface area contributed by atoms with E-state index in [1.165, 1.54) is 6.26 Å². The molecule has 0 saturated heterocycles. The third-order valence-electron chi connectivity index (χ3n) is 3.25. The Bertz CT molecular complexity index is 764. The number of amides is 1. The summed E-state index contributed by atoms with van der Waals surface area (Å²) in [6.45, 7) is -0.243. The van der Waals surface area contributed by atoms with Gasteiger partial charge in [-0.1, -0.05) is 5.21 Å². The van der Waals surface area contributed by atoms with Crippen LogP contribution in [0.4, 0.5) is 0 Å². The number of aryl methyl sites for hydroxylation is 1. The van der Waals surface area contributed by atoms with Gasteiger partial charge in [-0.25, -0.2) is 4.68 Å². The lowest BCUT2D eigenvalue weighted by atomic mass is 10.1. The molecular weight excluding hydrogens is 272 g/mol. The van der Waals surface area contributed by atoms with Crippen LogP contribution in [-0.4, -0.2) is 32.6 Å². The Morgan fingerprint density at radius 2 is 2.33 bits per heavy atom. The number of carbonyl (C=O) groups excluding carboxylic acids is 1. The van der Waals surface area contributed by atoms with Crippen molar-refractivity contribution in [2.24, 2.45) is 7.05 Å². The maximum absolute atomic E-state index is 12.2. The highest BCUT2D eigenvalue weighted by molar-refractivity contribution is 5.97. The molecule has 2 aromatic heterocycles. The molecule has 0 aliphatic carbocycles. The maximum Gasteiger partial charge on any atom is 0.252 e. The van der Waals surface area contributed by atoms with Crippen molar-refractivity contribution in [2.75, 3.05) is 6.61 Å². The van der Waals surface area contributed by atoms with Crippen LogP contribution >= 0.6 is 0 Å². The van der Waals surface area contributed by atoms with Gasteiger partial charge in [-0.2, -0.15) is 0 Å². The van der Waals surface area contributed by atoms with Gasteiger partial charge in [-0.15, -0.1) is 5.10 Å². The molecule has 108 valence electrons. The van der Waals surface area contributed by atoms with Gasteiger partial charge in [0.05, 0.1) is 18.4 Å². The largest absolute Gasteiger partial charge is 0.467 e. The third-order valence-corrected chi connectivity index (χ3v) is 3.25. The fourth-order valence-corrected chi connectivity index (χ4v) is 2.12. The molecule has 1 aromatic carbocycles. The van der Waals surface area contributed by atoms with E-state index < -0.39 is 6.04 Å². The minimum absolute atomic E-state index is 0.243. The van der Waals surface area contributed by atoms with Crippen molar-refractivity contribution < 1.29 is 14.3 Å². The summed E-state index contributed by atoms with van der Waals surface area (Å²) < 4.78 is 6.83. The summed E-state index contributed by atoms with van der Waals surface area (Å²) in [5.41, 5.74) is 1.94. The van der Waals surface area contributed by atoms with Crippen molar-refractivity contribution in [1.29, 1.82) is 0 Å². The van der Waals surface area contributed by atoms with Crippen LogP contribution in [0.1, 0.15) is 22.2 Å². The number of nitrogens with zero attached hydrogens (tertiary/aromatic N) is 3. The first-order valence-electron chi connectivity index (χ1n) is 6.43. The molecule has 3 rings (SSSR count). The SMILES string of the molecule is Cn1nnc2cc(C(=O)NC(CO)c3ccco3)ccc21. The minimum Gasteiger partial charge on any atom is -0.467 e. The van der Waals surface area contributed by atoms with Gasteiger partial charge in [-0.3, -0.25) is 4.79 Å². The van der Waals surface area contributed by atoms with Crippen LogP contribution in [0.3, 0.4) is 0 Å². The smallest absolute Gasteiger partial charge is 0.252 e. The first-order valence-corrected chi connectivity index (χ1v) is 6.43. The van der Waals surface area contributed by atoms with Crippen LogP contribution in [0, 0.1) is 0 Å². The van der Waals surface area contributed by atoms with E-state index >= 15 is 0 Å². The highest BCUT2D eigenvalue weighted by Gasteiger charge is 2.17. The normalized spacial score (nSPS) is 12.5. The molecule has 0 saturated carbocycles. The van der Waals surface area contributed by atoms with Crippen LogP contribution in [0.15, 0.2) is 41.0 Å². The van der Waals surface area contributed by atoms with E-state index in [4.69, 9.17) is 4.42 Å². The summed E-state index contributed by atoms with van der Waals surface area (Å²) in [4.78, 5) is 12.2. The van der Waals surface area contributed by atoms with Crippen molar-refractivity contribution in [1.82, 2.24) is 20.3 Å². The molecule has 0 bridgehead atoms. The van der Waals surface area contributed by atoms with Gasteiger partial charge in [0.1, 0.15) is 17.3 Å². The number of aromatic nitrogens is 3. The first kappa shape index (κ1) is 13.3. The Balaban J connectivity index is 1.83. The molecule has 0 radical (unpaired) electrons. The number of furan rings is 1. The van der Waals surface area contributed by atoms with E-state index in [2.05, 4.69) is 15.6 Å². The predicted molar refractivity (Wildman–Crippen MR) is 74.5 cm³/mol. The Kier molecular flexibility index (Phi) is 3.41. The lowest BCUT2D eigenvalue weighted by Gasteiger charge is -2.13. The number of aliphatic hydroxyl groups excluding tert-OH is 1. The molecule has 2 N–H and O–H groups in total. The lowest BCUT2D eigenvalue weighted by Crippen LogP contribution is -2.30. The Labute approximate surface area is 120 Å². The van der Waals surface area contributed by atoms with Crippen LogP contribution in [0.2, 0.25) is 0 Å². The summed E-state index contributed by atoms with van der Waals surface area (Å²) in [7, 11) is 1.79. The van der Waals surface area contributed by atoms with Crippen LogP contribution in [-0.2, 0) is 7.05 Å². The van der Waals surface area contributed by atoms with Crippen molar-refractivity contribution in [3.63, 3.8) is 0 Å². The molecule has 1 unspecified atom stereocenters. The molecule has 21 heavy (non-hydrogen) atoms. The number of aliphatic hydroxyl groups is 1. The molecule has 0 aliphatic heterocycles. The van der Waals surface area contributed by atoms with Gasteiger partial charge in [0, 0.05) is 12.6 Å². The average Bonchev–Trinajstić information content (AvgIpc) is 3.14. The van der Waals surface area contributed by atoms with Crippen LogP contribution < -0.4 is 5.32 Å². The predicted octanol–water partition coefficient (Wildman–Crippen LogP) is 1.02. The number of fused-ring (bicyclic) bond motifs is 1. The van der Waals surface area contributed by atoms with E-state index in [0.29, 0.717) is 16.8 Å². The number of nitrogens with one attached hydrogen (secondary N) is 1. The van der Waals surface area contributed by atoms with E-state index in [1.54, 1.807) is 42.1 Å². The number of carbonyl (C=O) groups is 1. The summed E-state index contributed by atoms with van der Waals surface area (Å²) in [6, 6.07) is 7.96. The van der Waals surface area contributed by atoms with E-state index in [-0.39, 0.29) is 12.5 Å². The Morgan fingerprint density at radius 3 is 3.05 bits per heavy atom. The van der Waals surface area contributed by atoms with E-state index in [1.807, 2.05) is 0 Å². The average molecular weight is 286 g/mol. The molecule has 0 aliphatic rings. The molecule has 1 amide bonds. The highest BCUT2D eigenvalue weighted by Crippen LogP contribution is 2.16. The number of rotatable bonds is 4. The second-order valence-corrected chi connectivity index (χ2v) is 4.64. The van der Waals surface area contributed by atoms with Crippen molar-refractivity contribution in [2.45, 2.75) is 6.04 Å². The number of benzene rings is 1. The lowest BCUT2D eigenvalue weighted by molar-refractivity contribution is 0.0907. The summed E-state index contributed by atoms with van der Waals surface area (Å²) in [6.07, 6.45) is 1.50. The topological polar surface area (TPSA) is 93.2 Å². The summed E-state index contributed by atoms with van der Waals surface area (Å²) in [5, 5.41) is 20.0. The standard InChI is InChI=1S/C14H14N4O3/c1-18-12-5-4-9(7-10(12)16-17-18)14(20)15-11(8-19)13-3-2-6-21-13/h2-7,11,19H,8H2,1H3,(H,15,20).